The first-order chi connectivity index (χ1) is 12.1. The minimum atomic E-state index is -0.238. The Balaban J connectivity index is 2.12. The van der Waals surface area contributed by atoms with Gasteiger partial charge in [-0.05, 0) is 6.42 Å². The van der Waals surface area contributed by atoms with Crippen molar-refractivity contribution in [1.82, 2.24) is 15.3 Å². The highest BCUT2D eigenvalue weighted by Crippen LogP contribution is 2.36. The van der Waals surface area contributed by atoms with Crippen molar-refractivity contribution in [3.8, 4) is 11.5 Å². The largest absolute Gasteiger partial charge is 0.495 e. The van der Waals surface area contributed by atoms with Gasteiger partial charge in [-0.3, -0.25) is 4.79 Å². The van der Waals surface area contributed by atoms with E-state index < -0.39 is 0 Å². The van der Waals surface area contributed by atoms with Crippen molar-refractivity contribution in [2.45, 2.75) is 19.8 Å². The fourth-order valence-electron chi connectivity index (χ4n) is 2.08. The summed E-state index contributed by atoms with van der Waals surface area (Å²) in [6, 6.07) is 3.35. The molecule has 2 N–H and O–H groups in total. The van der Waals surface area contributed by atoms with Crippen molar-refractivity contribution >= 4 is 29.0 Å². The normalized spacial score (nSPS) is 10.2. The highest BCUT2D eigenvalue weighted by Gasteiger charge is 2.12. The zero-order chi connectivity index (χ0) is 18.2. The van der Waals surface area contributed by atoms with E-state index in [1.165, 1.54) is 19.5 Å². The molecule has 134 valence electrons. The Morgan fingerprint density at radius 1 is 1.16 bits per heavy atom. The van der Waals surface area contributed by atoms with E-state index in [4.69, 9.17) is 21.1 Å². The number of methoxy groups -OCH3 is 2. The fourth-order valence-corrected chi connectivity index (χ4v) is 2.31. The smallest absolute Gasteiger partial charge is 0.271 e. The molecule has 0 aliphatic heterocycles. The second kappa shape index (κ2) is 9.08. The predicted octanol–water partition coefficient (Wildman–Crippen LogP) is 3.42. The highest BCUT2D eigenvalue weighted by molar-refractivity contribution is 6.32. The molecule has 0 saturated heterocycles. The summed E-state index contributed by atoms with van der Waals surface area (Å²) in [7, 11) is 3.07. The maximum Gasteiger partial charge on any atom is 0.271 e. The number of carbonyl (C=O) groups excluding carboxylic acids is 1. The quantitative estimate of drug-likeness (QED) is 0.698. The van der Waals surface area contributed by atoms with Gasteiger partial charge in [0.25, 0.3) is 5.91 Å². The minimum Gasteiger partial charge on any atom is -0.495 e. The molecule has 0 saturated carbocycles. The molecule has 2 aromatic rings. The molecule has 0 fully saturated rings. The van der Waals surface area contributed by atoms with Crippen LogP contribution in [0, 0.1) is 0 Å². The van der Waals surface area contributed by atoms with Crippen LogP contribution in [0.15, 0.2) is 24.5 Å². The summed E-state index contributed by atoms with van der Waals surface area (Å²) in [5.74, 6) is 1.27. The van der Waals surface area contributed by atoms with Crippen LogP contribution in [0.4, 0.5) is 11.5 Å². The number of benzene rings is 1. The number of hydrogen-bond acceptors (Lipinski definition) is 6. The molecule has 0 bridgehead atoms. The maximum atomic E-state index is 11.9. The first-order valence-corrected chi connectivity index (χ1v) is 8.25. The Kier molecular flexibility index (Phi) is 6.82. The van der Waals surface area contributed by atoms with Crippen LogP contribution in [0.25, 0.3) is 0 Å². The third-order valence-corrected chi connectivity index (χ3v) is 3.73. The molecule has 1 heterocycles. The van der Waals surface area contributed by atoms with Crippen molar-refractivity contribution in [2.24, 2.45) is 0 Å². The monoisotopic (exact) mass is 364 g/mol. The number of amides is 1. The zero-order valence-electron chi connectivity index (χ0n) is 14.4. The van der Waals surface area contributed by atoms with Gasteiger partial charge in [0, 0.05) is 18.7 Å². The molecular weight excluding hydrogens is 344 g/mol. The summed E-state index contributed by atoms with van der Waals surface area (Å²) in [5.41, 5.74) is 0.889. The Morgan fingerprint density at radius 2 is 1.92 bits per heavy atom. The highest BCUT2D eigenvalue weighted by atomic mass is 35.5. The standard InChI is InChI=1S/C17H21ClN4O3/c1-4-5-6-19-17(23)13-9-21-16(10-20-13)22-12-8-14(24-2)11(18)7-15(12)25-3/h7-10H,4-6H2,1-3H3,(H,19,23)(H,21,22). The van der Waals surface area contributed by atoms with E-state index in [1.807, 2.05) is 0 Å². The van der Waals surface area contributed by atoms with Crippen LogP contribution in [0.3, 0.4) is 0 Å². The number of rotatable bonds is 8. The van der Waals surface area contributed by atoms with E-state index in [0.29, 0.717) is 34.6 Å². The Bertz CT molecular complexity index is 723. The second-order valence-electron chi connectivity index (χ2n) is 5.21. The van der Waals surface area contributed by atoms with E-state index >= 15 is 0 Å². The van der Waals surface area contributed by atoms with Gasteiger partial charge in [-0.2, -0.15) is 0 Å². The summed E-state index contributed by atoms with van der Waals surface area (Å²) in [4.78, 5) is 20.3. The van der Waals surface area contributed by atoms with E-state index in [2.05, 4.69) is 27.5 Å². The van der Waals surface area contributed by atoms with Crippen LogP contribution < -0.4 is 20.1 Å². The molecule has 7 nitrogen and oxygen atoms in total. The number of carbonyl (C=O) groups is 1. The number of nitrogens with zero attached hydrogens (tertiary/aromatic N) is 2. The van der Waals surface area contributed by atoms with Gasteiger partial charge in [0.1, 0.15) is 23.0 Å². The number of ether oxygens (including phenoxy) is 2. The van der Waals surface area contributed by atoms with Crippen molar-refractivity contribution in [2.75, 3.05) is 26.1 Å². The van der Waals surface area contributed by atoms with Crippen LogP contribution in [0.2, 0.25) is 5.02 Å². The fraction of sp³-hybridized carbons (Fsp3) is 0.353. The SMILES string of the molecule is CCCCNC(=O)c1cnc(Nc2cc(OC)c(Cl)cc2OC)cn1. The zero-order valence-corrected chi connectivity index (χ0v) is 15.2. The molecule has 25 heavy (non-hydrogen) atoms. The molecule has 0 aliphatic carbocycles. The Morgan fingerprint density at radius 3 is 2.52 bits per heavy atom. The van der Waals surface area contributed by atoms with Gasteiger partial charge in [-0.15, -0.1) is 0 Å². The number of nitrogens with one attached hydrogen (secondary N) is 2. The third-order valence-electron chi connectivity index (χ3n) is 3.44. The summed E-state index contributed by atoms with van der Waals surface area (Å²) >= 11 is 6.09. The lowest BCUT2D eigenvalue weighted by Crippen LogP contribution is -2.25. The average molecular weight is 365 g/mol. The average Bonchev–Trinajstić information content (AvgIpc) is 2.63. The topological polar surface area (TPSA) is 85.4 Å². The molecule has 1 aromatic carbocycles. The van der Waals surface area contributed by atoms with E-state index in [1.54, 1.807) is 19.2 Å². The molecule has 0 atom stereocenters. The lowest BCUT2D eigenvalue weighted by Gasteiger charge is -2.13. The number of halogens is 1. The van der Waals surface area contributed by atoms with Crippen molar-refractivity contribution < 1.29 is 14.3 Å². The van der Waals surface area contributed by atoms with Gasteiger partial charge < -0.3 is 20.1 Å². The van der Waals surface area contributed by atoms with E-state index in [-0.39, 0.29) is 11.6 Å². The van der Waals surface area contributed by atoms with Crippen molar-refractivity contribution in [3.63, 3.8) is 0 Å². The third kappa shape index (κ3) is 4.96. The molecular formula is C17H21ClN4O3. The van der Waals surface area contributed by atoms with Crippen LogP contribution >= 0.6 is 11.6 Å². The molecule has 2 rings (SSSR count). The van der Waals surface area contributed by atoms with Gasteiger partial charge in [-0.25, -0.2) is 9.97 Å². The van der Waals surface area contributed by atoms with Crippen LogP contribution in [-0.4, -0.2) is 36.6 Å². The van der Waals surface area contributed by atoms with Gasteiger partial charge in [-0.1, -0.05) is 24.9 Å². The number of anilines is 2. The molecule has 0 radical (unpaired) electrons. The molecule has 1 amide bonds. The van der Waals surface area contributed by atoms with Gasteiger partial charge in [0.2, 0.25) is 0 Å². The second-order valence-corrected chi connectivity index (χ2v) is 5.62. The minimum absolute atomic E-state index is 0.238. The first kappa shape index (κ1) is 18.8. The lowest BCUT2D eigenvalue weighted by molar-refractivity contribution is 0.0948. The molecule has 0 unspecified atom stereocenters. The molecule has 1 aromatic heterocycles. The van der Waals surface area contributed by atoms with Crippen LogP contribution in [0.1, 0.15) is 30.3 Å². The lowest BCUT2D eigenvalue weighted by atomic mass is 10.2. The summed E-state index contributed by atoms with van der Waals surface area (Å²) in [5, 5.41) is 6.31. The maximum absolute atomic E-state index is 11.9. The molecule has 8 heteroatoms. The van der Waals surface area contributed by atoms with Gasteiger partial charge >= 0.3 is 0 Å². The Labute approximate surface area is 151 Å². The van der Waals surface area contributed by atoms with E-state index in [9.17, 15) is 4.79 Å². The summed E-state index contributed by atoms with van der Waals surface area (Å²) in [6.07, 6.45) is 4.84. The molecule has 0 aliphatic rings. The number of hydrogen-bond donors (Lipinski definition) is 2. The van der Waals surface area contributed by atoms with Gasteiger partial charge in [0.15, 0.2) is 0 Å². The van der Waals surface area contributed by atoms with E-state index in [0.717, 1.165) is 12.8 Å². The predicted molar refractivity (Wildman–Crippen MR) is 97.1 cm³/mol. The summed E-state index contributed by atoms with van der Waals surface area (Å²) < 4.78 is 10.5. The van der Waals surface area contributed by atoms with Crippen LogP contribution in [-0.2, 0) is 0 Å². The summed E-state index contributed by atoms with van der Waals surface area (Å²) in [6.45, 7) is 2.69. The number of unbranched alkanes of at least 4 members (excludes halogenated alkanes) is 1. The van der Waals surface area contributed by atoms with Crippen molar-refractivity contribution in [1.29, 1.82) is 0 Å². The Hall–Kier alpha value is -2.54. The van der Waals surface area contributed by atoms with Gasteiger partial charge in [0.05, 0.1) is 37.3 Å². The van der Waals surface area contributed by atoms with Crippen LogP contribution in [0.5, 0.6) is 11.5 Å². The van der Waals surface area contributed by atoms with Crippen molar-refractivity contribution in [3.05, 3.63) is 35.2 Å². The first-order valence-electron chi connectivity index (χ1n) is 7.87. The molecule has 0 spiro atoms. The number of aromatic nitrogens is 2.